The lowest BCUT2D eigenvalue weighted by Gasteiger charge is -2.10. The first-order valence-electron chi connectivity index (χ1n) is 5.49. The van der Waals surface area contributed by atoms with Gasteiger partial charge < -0.3 is 10.6 Å². The van der Waals surface area contributed by atoms with Crippen molar-refractivity contribution in [2.24, 2.45) is 5.92 Å². The van der Waals surface area contributed by atoms with Crippen molar-refractivity contribution in [1.82, 2.24) is 5.32 Å². The van der Waals surface area contributed by atoms with Crippen LogP contribution in [-0.2, 0) is 9.59 Å². The molecular weight excluding hydrogens is 318 g/mol. The Kier molecular flexibility index (Phi) is 3.79. The molecule has 0 aromatic heterocycles. The van der Waals surface area contributed by atoms with Crippen LogP contribution in [0.25, 0.3) is 0 Å². The van der Waals surface area contributed by atoms with Gasteiger partial charge in [0, 0.05) is 29.6 Å². The van der Waals surface area contributed by atoms with E-state index in [4.69, 9.17) is 0 Å². The van der Waals surface area contributed by atoms with Gasteiger partial charge in [0.05, 0.1) is 16.5 Å². The summed E-state index contributed by atoms with van der Waals surface area (Å²) < 4.78 is 0.545. The Morgan fingerprint density at radius 2 is 2.26 bits per heavy atom. The van der Waals surface area contributed by atoms with Crippen molar-refractivity contribution in [3.8, 4) is 0 Å². The maximum absolute atomic E-state index is 11.9. The number of benzene rings is 1. The van der Waals surface area contributed by atoms with Crippen molar-refractivity contribution in [1.29, 1.82) is 0 Å². The van der Waals surface area contributed by atoms with Crippen molar-refractivity contribution < 1.29 is 14.5 Å². The second kappa shape index (κ2) is 5.35. The van der Waals surface area contributed by atoms with E-state index in [0.717, 1.165) is 0 Å². The first-order valence-corrected chi connectivity index (χ1v) is 6.28. The van der Waals surface area contributed by atoms with Crippen LogP contribution in [-0.4, -0.2) is 23.3 Å². The van der Waals surface area contributed by atoms with Gasteiger partial charge in [-0.1, -0.05) is 0 Å². The lowest BCUT2D eigenvalue weighted by Crippen LogP contribution is -2.24. The molecule has 0 bridgehead atoms. The topological polar surface area (TPSA) is 101 Å². The van der Waals surface area contributed by atoms with Crippen LogP contribution in [0.3, 0.4) is 0 Å². The van der Waals surface area contributed by atoms with Gasteiger partial charge in [0.25, 0.3) is 5.69 Å². The van der Waals surface area contributed by atoms with Crippen LogP contribution >= 0.6 is 15.9 Å². The van der Waals surface area contributed by atoms with E-state index in [0.29, 0.717) is 10.2 Å². The molecule has 1 heterocycles. The fourth-order valence-corrected chi connectivity index (χ4v) is 2.09. The molecule has 19 heavy (non-hydrogen) atoms. The van der Waals surface area contributed by atoms with Gasteiger partial charge >= 0.3 is 0 Å². The molecule has 1 saturated heterocycles. The monoisotopic (exact) mass is 327 g/mol. The molecular formula is C11H10BrN3O4. The maximum Gasteiger partial charge on any atom is 0.271 e. The summed E-state index contributed by atoms with van der Waals surface area (Å²) >= 11 is 3.21. The Bertz CT molecular complexity index is 561. The van der Waals surface area contributed by atoms with Crippen LogP contribution in [0.5, 0.6) is 0 Å². The van der Waals surface area contributed by atoms with Gasteiger partial charge in [-0.15, -0.1) is 0 Å². The molecule has 1 unspecified atom stereocenters. The zero-order chi connectivity index (χ0) is 14.0. The third-order valence-electron chi connectivity index (χ3n) is 2.77. The van der Waals surface area contributed by atoms with E-state index < -0.39 is 10.8 Å². The Labute approximate surface area is 116 Å². The average Bonchev–Trinajstić information content (AvgIpc) is 2.78. The minimum atomic E-state index is -0.539. The largest absolute Gasteiger partial charge is 0.355 e. The van der Waals surface area contributed by atoms with Gasteiger partial charge in [0.15, 0.2) is 0 Å². The summed E-state index contributed by atoms with van der Waals surface area (Å²) in [6, 6.07) is 4.10. The highest BCUT2D eigenvalue weighted by molar-refractivity contribution is 9.10. The van der Waals surface area contributed by atoms with Crippen molar-refractivity contribution in [2.75, 3.05) is 11.9 Å². The molecule has 0 spiro atoms. The summed E-state index contributed by atoms with van der Waals surface area (Å²) in [6.45, 7) is 0.289. The minimum absolute atomic E-state index is 0.112. The van der Waals surface area contributed by atoms with Crippen molar-refractivity contribution >= 4 is 39.1 Å². The lowest BCUT2D eigenvalue weighted by molar-refractivity contribution is -0.384. The number of non-ortho nitro benzene ring substituents is 1. The molecule has 1 aromatic rings. The van der Waals surface area contributed by atoms with Gasteiger partial charge in [0.1, 0.15) is 0 Å². The molecule has 7 nitrogen and oxygen atoms in total. The molecule has 1 aromatic carbocycles. The van der Waals surface area contributed by atoms with Gasteiger partial charge in [-0.3, -0.25) is 19.7 Å². The van der Waals surface area contributed by atoms with Crippen molar-refractivity contribution in [2.45, 2.75) is 6.42 Å². The molecule has 2 amide bonds. The third-order valence-corrected chi connectivity index (χ3v) is 3.46. The molecule has 1 fully saturated rings. The summed E-state index contributed by atoms with van der Waals surface area (Å²) in [6.07, 6.45) is 0.137. The molecule has 100 valence electrons. The number of nitro groups is 1. The van der Waals surface area contributed by atoms with E-state index in [9.17, 15) is 19.7 Å². The number of carbonyl (C=O) groups excluding carboxylic acids is 2. The quantitative estimate of drug-likeness (QED) is 0.647. The molecule has 1 aliphatic heterocycles. The van der Waals surface area contributed by atoms with Crippen molar-refractivity contribution in [3.63, 3.8) is 0 Å². The molecule has 0 radical (unpaired) electrons. The Morgan fingerprint density at radius 3 is 2.84 bits per heavy atom. The summed E-state index contributed by atoms with van der Waals surface area (Å²) in [5, 5.41) is 15.8. The fourth-order valence-electron chi connectivity index (χ4n) is 1.75. The van der Waals surface area contributed by atoms with Crippen LogP contribution in [0.4, 0.5) is 11.4 Å². The van der Waals surface area contributed by atoms with E-state index in [1.807, 2.05) is 0 Å². The van der Waals surface area contributed by atoms with Crippen LogP contribution in [0.1, 0.15) is 6.42 Å². The maximum atomic E-state index is 11.9. The summed E-state index contributed by atoms with van der Waals surface area (Å²) in [5.74, 6) is -0.948. The number of carbonyl (C=O) groups is 2. The van der Waals surface area contributed by atoms with E-state index in [1.165, 1.54) is 18.2 Å². The Balaban J connectivity index is 2.14. The zero-order valence-electron chi connectivity index (χ0n) is 9.68. The lowest BCUT2D eigenvalue weighted by atomic mass is 10.1. The van der Waals surface area contributed by atoms with Gasteiger partial charge in [-0.05, 0) is 22.0 Å². The van der Waals surface area contributed by atoms with Gasteiger partial charge in [-0.25, -0.2) is 0 Å². The van der Waals surface area contributed by atoms with E-state index in [1.54, 1.807) is 0 Å². The first-order chi connectivity index (χ1) is 8.97. The number of nitrogens with zero attached hydrogens (tertiary/aromatic N) is 1. The number of nitro benzene ring substituents is 1. The molecule has 0 saturated carbocycles. The molecule has 0 aliphatic carbocycles. The summed E-state index contributed by atoms with van der Waals surface area (Å²) in [7, 11) is 0. The van der Waals surface area contributed by atoms with Crippen LogP contribution in [0, 0.1) is 16.0 Å². The smallest absolute Gasteiger partial charge is 0.271 e. The predicted molar refractivity (Wildman–Crippen MR) is 70.5 cm³/mol. The van der Waals surface area contributed by atoms with Crippen LogP contribution < -0.4 is 10.6 Å². The highest BCUT2D eigenvalue weighted by Crippen LogP contribution is 2.27. The molecule has 2 N–H and O–H groups in total. The van der Waals surface area contributed by atoms with Gasteiger partial charge in [0.2, 0.25) is 11.8 Å². The van der Waals surface area contributed by atoms with Gasteiger partial charge in [-0.2, -0.15) is 0 Å². The third kappa shape index (κ3) is 3.08. The molecule has 1 atom stereocenters. The Hall–Kier alpha value is -1.96. The zero-order valence-corrected chi connectivity index (χ0v) is 11.3. The molecule has 8 heteroatoms. The minimum Gasteiger partial charge on any atom is -0.355 e. The standard InChI is InChI=1S/C11H10BrN3O4/c12-8-2-1-7(15(18)19)4-9(8)14-11(17)6-3-10(16)13-5-6/h1-2,4,6H,3,5H2,(H,13,16)(H,14,17). The van der Waals surface area contributed by atoms with Crippen LogP contribution in [0.15, 0.2) is 22.7 Å². The number of amides is 2. The fraction of sp³-hybridized carbons (Fsp3) is 0.273. The number of halogens is 1. The highest BCUT2D eigenvalue weighted by Gasteiger charge is 2.28. The average molecular weight is 328 g/mol. The normalized spacial score (nSPS) is 17.9. The second-order valence-corrected chi connectivity index (χ2v) is 4.97. The SMILES string of the molecule is O=C1CC(C(=O)Nc2cc([N+](=O)[O-])ccc2Br)CN1. The predicted octanol–water partition coefficient (Wildman–Crippen LogP) is 1.43. The summed E-state index contributed by atoms with van der Waals surface area (Å²) in [4.78, 5) is 33.1. The highest BCUT2D eigenvalue weighted by atomic mass is 79.9. The first kappa shape index (κ1) is 13.5. The van der Waals surface area contributed by atoms with E-state index in [-0.39, 0.29) is 30.5 Å². The van der Waals surface area contributed by atoms with Crippen LogP contribution in [0.2, 0.25) is 0 Å². The Morgan fingerprint density at radius 1 is 1.53 bits per heavy atom. The summed E-state index contributed by atoms with van der Waals surface area (Å²) in [5.41, 5.74) is 0.206. The van der Waals surface area contributed by atoms with E-state index in [2.05, 4.69) is 26.6 Å². The van der Waals surface area contributed by atoms with E-state index >= 15 is 0 Å². The van der Waals surface area contributed by atoms with Crippen molar-refractivity contribution in [3.05, 3.63) is 32.8 Å². The number of nitrogens with one attached hydrogen (secondary N) is 2. The molecule has 1 aliphatic rings. The molecule has 2 rings (SSSR count). The number of hydrogen-bond donors (Lipinski definition) is 2. The number of rotatable bonds is 3. The number of hydrogen-bond acceptors (Lipinski definition) is 4. The number of anilines is 1. The second-order valence-electron chi connectivity index (χ2n) is 4.12.